The van der Waals surface area contributed by atoms with Crippen molar-refractivity contribution in [2.24, 2.45) is 0 Å². The van der Waals surface area contributed by atoms with Gasteiger partial charge < -0.3 is 15.0 Å². The molecule has 9 nitrogen and oxygen atoms in total. The van der Waals surface area contributed by atoms with E-state index in [0.29, 0.717) is 38.1 Å². The van der Waals surface area contributed by atoms with Crippen LogP contribution in [0.2, 0.25) is 0 Å². The number of hydrazine groups is 1. The van der Waals surface area contributed by atoms with E-state index < -0.39 is 23.4 Å². The lowest BCUT2D eigenvalue weighted by atomic mass is 9.82. The molecule has 0 unspecified atom stereocenters. The smallest absolute Gasteiger partial charge is 0.344 e. The summed E-state index contributed by atoms with van der Waals surface area (Å²) in [6, 6.07) is 6.45. The van der Waals surface area contributed by atoms with Crippen molar-refractivity contribution >= 4 is 29.5 Å². The van der Waals surface area contributed by atoms with Crippen LogP contribution < -0.4 is 15.6 Å². The molecule has 31 heavy (non-hydrogen) atoms. The lowest BCUT2D eigenvalue weighted by molar-refractivity contribution is -0.139. The molecule has 1 aromatic carbocycles. The van der Waals surface area contributed by atoms with E-state index in [0.717, 1.165) is 30.0 Å². The molecular formula is C22H30N4O5. The molecule has 9 heteroatoms. The zero-order chi connectivity index (χ0) is 22.4. The summed E-state index contributed by atoms with van der Waals surface area (Å²) in [5.41, 5.74) is 2.82. The van der Waals surface area contributed by atoms with E-state index in [1.54, 1.807) is 25.1 Å². The number of carbonyl (C=O) groups is 4. The molecule has 1 aliphatic carbocycles. The fourth-order valence-corrected chi connectivity index (χ4v) is 4.15. The van der Waals surface area contributed by atoms with Gasteiger partial charge in [0.15, 0.2) is 0 Å². The highest BCUT2D eigenvalue weighted by atomic mass is 16.5. The van der Waals surface area contributed by atoms with Gasteiger partial charge in [0.2, 0.25) is 5.91 Å². The Morgan fingerprint density at radius 1 is 1.19 bits per heavy atom. The normalized spacial score (nSPS) is 17.4. The number of rotatable bonds is 8. The Balaban J connectivity index is 1.58. The molecule has 168 valence electrons. The van der Waals surface area contributed by atoms with Gasteiger partial charge in [-0.3, -0.25) is 15.0 Å². The Kier molecular flexibility index (Phi) is 7.14. The SMILES string of the molecule is CCOC(=O)c1cccc(N(CC)CCC(=O)NN2C(=O)NC3(CCCCC3)C2=O)c1. The molecule has 1 saturated carbocycles. The first-order chi connectivity index (χ1) is 14.9. The predicted molar refractivity (Wildman–Crippen MR) is 114 cm³/mol. The van der Waals surface area contributed by atoms with E-state index >= 15 is 0 Å². The molecule has 2 N–H and O–H groups in total. The number of carbonyl (C=O) groups excluding carboxylic acids is 4. The minimum Gasteiger partial charge on any atom is -0.462 e. The Morgan fingerprint density at radius 2 is 1.94 bits per heavy atom. The Bertz CT molecular complexity index is 850. The van der Waals surface area contributed by atoms with Crippen LogP contribution >= 0.6 is 0 Å². The summed E-state index contributed by atoms with van der Waals surface area (Å²) in [7, 11) is 0. The van der Waals surface area contributed by atoms with Gasteiger partial charge in [-0.05, 0) is 44.9 Å². The van der Waals surface area contributed by atoms with Crippen molar-refractivity contribution in [1.82, 2.24) is 15.8 Å². The molecule has 1 saturated heterocycles. The second-order valence-electron chi connectivity index (χ2n) is 7.85. The van der Waals surface area contributed by atoms with Crippen LogP contribution in [0.1, 0.15) is 62.7 Å². The van der Waals surface area contributed by atoms with Gasteiger partial charge in [-0.2, -0.15) is 5.01 Å². The number of ether oxygens (including phenoxy) is 1. The number of hydrogen-bond acceptors (Lipinski definition) is 6. The van der Waals surface area contributed by atoms with E-state index in [9.17, 15) is 19.2 Å². The zero-order valence-electron chi connectivity index (χ0n) is 18.1. The third-order valence-corrected chi connectivity index (χ3v) is 5.82. The van der Waals surface area contributed by atoms with E-state index in [4.69, 9.17) is 4.74 Å². The Morgan fingerprint density at radius 3 is 2.61 bits per heavy atom. The number of esters is 1. The Hall–Kier alpha value is -3.10. The first-order valence-electron chi connectivity index (χ1n) is 10.9. The highest BCUT2D eigenvalue weighted by molar-refractivity contribution is 6.08. The van der Waals surface area contributed by atoms with Gasteiger partial charge in [-0.15, -0.1) is 0 Å². The maximum absolute atomic E-state index is 12.8. The summed E-state index contributed by atoms with van der Waals surface area (Å²) in [4.78, 5) is 51.5. The molecule has 0 atom stereocenters. The number of benzene rings is 1. The first-order valence-corrected chi connectivity index (χ1v) is 10.9. The van der Waals surface area contributed by atoms with Crippen molar-refractivity contribution in [2.75, 3.05) is 24.6 Å². The van der Waals surface area contributed by atoms with Gasteiger partial charge in [0.05, 0.1) is 12.2 Å². The fraction of sp³-hybridized carbons (Fsp3) is 0.545. The number of amides is 4. The van der Waals surface area contributed by atoms with E-state index in [2.05, 4.69) is 10.7 Å². The molecule has 4 amide bonds. The fourth-order valence-electron chi connectivity index (χ4n) is 4.15. The molecule has 3 rings (SSSR count). The van der Waals surface area contributed by atoms with Gasteiger partial charge in [0.25, 0.3) is 5.91 Å². The topological polar surface area (TPSA) is 108 Å². The van der Waals surface area contributed by atoms with Crippen molar-refractivity contribution in [3.8, 4) is 0 Å². The van der Waals surface area contributed by atoms with Crippen molar-refractivity contribution in [3.05, 3.63) is 29.8 Å². The van der Waals surface area contributed by atoms with Crippen LogP contribution in [0.5, 0.6) is 0 Å². The molecule has 0 bridgehead atoms. The molecule has 2 fully saturated rings. The van der Waals surface area contributed by atoms with Crippen LogP contribution in [0.4, 0.5) is 10.5 Å². The van der Waals surface area contributed by atoms with Crippen LogP contribution in [-0.2, 0) is 14.3 Å². The average Bonchev–Trinajstić information content (AvgIpc) is 2.99. The maximum Gasteiger partial charge on any atom is 0.344 e. The van der Waals surface area contributed by atoms with E-state index in [-0.39, 0.29) is 12.3 Å². The summed E-state index contributed by atoms with van der Waals surface area (Å²) in [5, 5.41) is 3.60. The van der Waals surface area contributed by atoms with Crippen LogP contribution in [0.3, 0.4) is 0 Å². The number of anilines is 1. The minimum atomic E-state index is -0.869. The number of urea groups is 1. The summed E-state index contributed by atoms with van der Waals surface area (Å²) in [6.45, 7) is 4.97. The highest BCUT2D eigenvalue weighted by Crippen LogP contribution is 2.33. The molecule has 1 aromatic rings. The molecule has 2 aliphatic rings. The first kappa shape index (κ1) is 22.6. The second kappa shape index (κ2) is 9.80. The standard InChI is InChI=1S/C22H30N4O5/c1-3-25(17-10-8-9-16(15-17)19(28)31-4-2)14-11-18(27)24-26-20(29)22(23-21(26)30)12-6-5-7-13-22/h8-10,15H,3-7,11-14H2,1-2H3,(H,23,30)(H,24,27). The summed E-state index contributed by atoms with van der Waals surface area (Å²) in [5.74, 6) is -1.19. The quantitative estimate of drug-likeness (QED) is 0.484. The average molecular weight is 431 g/mol. The van der Waals surface area contributed by atoms with Crippen molar-refractivity contribution < 1.29 is 23.9 Å². The van der Waals surface area contributed by atoms with Crippen LogP contribution in [0.15, 0.2) is 24.3 Å². The molecule has 0 radical (unpaired) electrons. The van der Waals surface area contributed by atoms with Crippen LogP contribution in [0.25, 0.3) is 0 Å². The van der Waals surface area contributed by atoms with Crippen molar-refractivity contribution in [3.63, 3.8) is 0 Å². The molecule has 1 heterocycles. The summed E-state index contributed by atoms with van der Waals surface area (Å²) in [6.07, 6.45) is 4.09. The summed E-state index contributed by atoms with van der Waals surface area (Å²) < 4.78 is 5.04. The largest absolute Gasteiger partial charge is 0.462 e. The minimum absolute atomic E-state index is 0.0849. The van der Waals surface area contributed by atoms with E-state index in [1.165, 1.54) is 0 Å². The molecule has 1 spiro atoms. The lowest BCUT2D eigenvalue weighted by Crippen LogP contribution is -2.51. The third-order valence-electron chi connectivity index (χ3n) is 5.82. The van der Waals surface area contributed by atoms with Gasteiger partial charge in [0, 0.05) is 25.2 Å². The third kappa shape index (κ3) is 4.98. The van der Waals surface area contributed by atoms with Crippen molar-refractivity contribution in [1.29, 1.82) is 0 Å². The van der Waals surface area contributed by atoms with Crippen LogP contribution in [0, 0.1) is 0 Å². The van der Waals surface area contributed by atoms with Crippen molar-refractivity contribution in [2.45, 2.75) is 57.9 Å². The monoisotopic (exact) mass is 430 g/mol. The highest BCUT2D eigenvalue weighted by Gasteiger charge is 2.52. The molecule has 0 aromatic heterocycles. The van der Waals surface area contributed by atoms with Crippen LogP contribution in [-0.4, -0.2) is 54.1 Å². The number of imide groups is 1. The second-order valence-corrected chi connectivity index (χ2v) is 7.85. The summed E-state index contributed by atoms with van der Waals surface area (Å²) >= 11 is 0. The van der Waals surface area contributed by atoms with Gasteiger partial charge >= 0.3 is 12.0 Å². The van der Waals surface area contributed by atoms with Gasteiger partial charge in [-0.1, -0.05) is 25.3 Å². The lowest BCUT2D eigenvalue weighted by Gasteiger charge is -2.30. The van der Waals surface area contributed by atoms with Gasteiger partial charge in [-0.25, -0.2) is 9.59 Å². The predicted octanol–water partition coefficient (Wildman–Crippen LogP) is 2.37. The number of nitrogens with one attached hydrogen (secondary N) is 2. The van der Waals surface area contributed by atoms with E-state index in [1.807, 2.05) is 17.9 Å². The zero-order valence-corrected chi connectivity index (χ0v) is 18.1. The Labute approximate surface area is 182 Å². The number of hydrogen-bond donors (Lipinski definition) is 2. The molecule has 1 aliphatic heterocycles. The maximum atomic E-state index is 12.8. The van der Waals surface area contributed by atoms with Gasteiger partial charge in [0.1, 0.15) is 5.54 Å². The molecular weight excluding hydrogens is 400 g/mol. The number of nitrogens with zero attached hydrogens (tertiary/aromatic N) is 2.